The van der Waals surface area contributed by atoms with Crippen LogP contribution in [-0.4, -0.2) is 55.1 Å². The fraction of sp³-hybridized carbons (Fsp3) is 1.00. The first-order valence-corrected chi connectivity index (χ1v) is 6.63. The van der Waals surface area contributed by atoms with Crippen molar-refractivity contribution >= 4 is 0 Å². The highest BCUT2D eigenvalue weighted by Gasteiger charge is 2.22. The molecule has 1 rings (SSSR count). The van der Waals surface area contributed by atoms with Crippen LogP contribution in [0.3, 0.4) is 0 Å². The molecule has 0 aromatic rings. The monoisotopic (exact) mass is 227 g/mol. The Hall–Kier alpha value is -0.120. The molecule has 2 N–H and O–H groups in total. The molecule has 1 aliphatic rings. The predicted octanol–water partition coefficient (Wildman–Crippen LogP) is 1.39. The summed E-state index contributed by atoms with van der Waals surface area (Å²) in [6.45, 7) is 16.2. The Kier molecular flexibility index (Phi) is 5.22. The third-order valence-electron chi connectivity index (χ3n) is 3.78. The van der Waals surface area contributed by atoms with Crippen LogP contribution in [0, 0.1) is 5.41 Å². The lowest BCUT2D eigenvalue weighted by atomic mass is 9.85. The molecule has 0 aromatic heterocycles. The van der Waals surface area contributed by atoms with Crippen LogP contribution in [0.5, 0.6) is 0 Å². The quantitative estimate of drug-likeness (QED) is 0.788. The summed E-state index contributed by atoms with van der Waals surface area (Å²) in [5.74, 6) is 0. The highest BCUT2D eigenvalue weighted by Crippen LogP contribution is 2.20. The van der Waals surface area contributed by atoms with Crippen molar-refractivity contribution in [1.29, 1.82) is 0 Å². The first-order chi connectivity index (χ1) is 7.43. The van der Waals surface area contributed by atoms with Gasteiger partial charge in [0.1, 0.15) is 0 Å². The molecule has 1 unspecified atom stereocenters. The van der Waals surface area contributed by atoms with Crippen molar-refractivity contribution in [3.8, 4) is 0 Å². The second kappa shape index (κ2) is 5.99. The molecule has 3 nitrogen and oxygen atoms in total. The number of hydrogen-bond acceptors (Lipinski definition) is 3. The number of nitrogens with zero attached hydrogens (tertiary/aromatic N) is 2. The molecule has 0 amide bonds. The zero-order chi connectivity index (χ0) is 12.2. The summed E-state index contributed by atoms with van der Waals surface area (Å²) in [5.41, 5.74) is 6.43. The fourth-order valence-corrected chi connectivity index (χ4v) is 2.08. The van der Waals surface area contributed by atoms with Gasteiger partial charge in [-0.2, -0.15) is 0 Å². The van der Waals surface area contributed by atoms with Crippen molar-refractivity contribution in [2.45, 2.75) is 40.2 Å². The molecule has 1 fully saturated rings. The second-order valence-electron chi connectivity index (χ2n) is 6.04. The van der Waals surface area contributed by atoms with Crippen molar-refractivity contribution in [3.05, 3.63) is 0 Å². The number of hydrogen-bond donors (Lipinski definition) is 1. The van der Waals surface area contributed by atoms with Crippen LogP contribution in [0.1, 0.15) is 34.1 Å². The van der Waals surface area contributed by atoms with Gasteiger partial charge in [-0.25, -0.2) is 0 Å². The van der Waals surface area contributed by atoms with E-state index < -0.39 is 0 Å². The average molecular weight is 227 g/mol. The van der Waals surface area contributed by atoms with Gasteiger partial charge in [0.2, 0.25) is 0 Å². The standard InChI is InChI=1S/C13H29N3/c1-5-15-8-10-16(11-9-15)7-6-12(14)13(2,3)4/h12H,5-11,14H2,1-4H3. The Morgan fingerprint density at radius 1 is 1.06 bits per heavy atom. The third-order valence-corrected chi connectivity index (χ3v) is 3.78. The van der Waals surface area contributed by atoms with Crippen molar-refractivity contribution < 1.29 is 0 Å². The van der Waals surface area contributed by atoms with E-state index in [1.165, 1.54) is 32.7 Å². The van der Waals surface area contributed by atoms with Crippen LogP contribution in [0.2, 0.25) is 0 Å². The van der Waals surface area contributed by atoms with E-state index in [9.17, 15) is 0 Å². The van der Waals surface area contributed by atoms with Crippen molar-refractivity contribution in [2.24, 2.45) is 11.1 Å². The predicted molar refractivity (Wildman–Crippen MR) is 70.6 cm³/mol. The molecule has 0 saturated carbocycles. The van der Waals surface area contributed by atoms with Crippen molar-refractivity contribution in [2.75, 3.05) is 39.3 Å². The summed E-state index contributed by atoms with van der Waals surface area (Å²) in [5, 5.41) is 0. The summed E-state index contributed by atoms with van der Waals surface area (Å²) in [6.07, 6.45) is 1.12. The van der Waals surface area contributed by atoms with Crippen LogP contribution in [0.4, 0.5) is 0 Å². The van der Waals surface area contributed by atoms with Crippen molar-refractivity contribution in [3.63, 3.8) is 0 Å². The van der Waals surface area contributed by atoms with Crippen LogP contribution < -0.4 is 5.73 Å². The van der Waals surface area contributed by atoms with E-state index in [0.29, 0.717) is 6.04 Å². The van der Waals surface area contributed by atoms with Gasteiger partial charge < -0.3 is 15.5 Å². The van der Waals surface area contributed by atoms with Crippen LogP contribution in [0.15, 0.2) is 0 Å². The molecule has 0 aromatic carbocycles. The van der Waals surface area contributed by atoms with Crippen LogP contribution in [0.25, 0.3) is 0 Å². The molecular weight excluding hydrogens is 198 g/mol. The van der Waals surface area contributed by atoms with E-state index in [4.69, 9.17) is 5.73 Å². The maximum atomic E-state index is 6.18. The van der Waals surface area contributed by atoms with E-state index in [2.05, 4.69) is 37.5 Å². The van der Waals surface area contributed by atoms with Gasteiger partial charge in [-0.1, -0.05) is 27.7 Å². The lowest BCUT2D eigenvalue weighted by molar-refractivity contribution is 0.128. The van der Waals surface area contributed by atoms with Gasteiger partial charge in [-0.3, -0.25) is 0 Å². The molecule has 1 atom stereocenters. The topological polar surface area (TPSA) is 32.5 Å². The molecule has 0 radical (unpaired) electrons. The smallest absolute Gasteiger partial charge is 0.0110 e. The molecule has 0 bridgehead atoms. The molecule has 0 spiro atoms. The number of piperazine rings is 1. The van der Waals surface area contributed by atoms with Gasteiger partial charge in [-0.05, 0) is 24.9 Å². The largest absolute Gasteiger partial charge is 0.327 e. The molecule has 3 heteroatoms. The minimum absolute atomic E-state index is 0.241. The highest BCUT2D eigenvalue weighted by atomic mass is 15.3. The molecule has 0 aliphatic carbocycles. The maximum absolute atomic E-state index is 6.18. The van der Waals surface area contributed by atoms with Gasteiger partial charge >= 0.3 is 0 Å². The lowest BCUT2D eigenvalue weighted by Gasteiger charge is -2.35. The summed E-state index contributed by atoms with van der Waals surface area (Å²) in [7, 11) is 0. The van der Waals surface area contributed by atoms with Crippen molar-refractivity contribution in [1.82, 2.24) is 9.80 Å². The Morgan fingerprint density at radius 3 is 2.00 bits per heavy atom. The summed E-state index contributed by atoms with van der Waals surface area (Å²) in [4.78, 5) is 5.07. The SMILES string of the molecule is CCN1CCN(CCC(N)C(C)(C)C)CC1. The zero-order valence-corrected chi connectivity index (χ0v) is 11.5. The average Bonchev–Trinajstić information content (AvgIpc) is 2.25. The minimum Gasteiger partial charge on any atom is -0.327 e. The Morgan fingerprint density at radius 2 is 1.56 bits per heavy atom. The van der Waals surface area contributed by atoms with E-state index in [0.717, 1.165) is 13.0 Å². The summed E-state index contributed by atoms with van der Waals surface area (Å²) in [6, 6.07) is 0.316. The van der Waals surface area contributed by atoms with E-state index in [1.54, 1.807) is 0 Å². The Balaban J connectivity index is 2.20. The van der Waals surface area contributed by atoms with Gasteiger partial charge in [0, 0.05) is 32.2 Å². The van der Waals surface area contributed by atoms with Gasteiger partial charge in [0.15, 0.2) is 0 Å². The van der Waals surface area contributed by atoms with E-state index >= 15 is 0 Å². The second-order valence-corrected chi connectivity index (χ2v) is 6.04. The van der Waals surface area contributed by atoms with Crippen LogP contribution in [-0.2, 0) is 0 Å². The van der Waals surface area contributed by atoms with E-state index in [1.807, 2.05) is 0 Å². The lowest BCUT2D eigenvalue weighted by Crippen LogP contribution is -2.47. The number of likely N-dealkylation sites (N-methyl/N-ethyl adjacent to an activating group) is 1. The molecule has 1 saturated heterocycles. The Labute approximate surface area is 101 Å². The minimum atomic E-state index is 0.241. The first-order valence-electron chi connectivity index (χ1n) is 6.63. The molecule has 1 aliphatic heterocycles. The number of nitrogens with two attached hydrogens (primary N) is 1. The fourth-order valence-electron chi connectivity index (χ4n) is 2.08. The number of rotatable bonds is 4. The van der Waals surface area contributed by atoms with Gasteiger partial charge in [-0.15, -0.1) is 0 Å². The van der Waals surface area contributed by atoms with Gasteiger partial charge in [0.25, 0.3) is 0 Å². The molecule has 16 heavy (non-hydrogen) atoms. The van der Waals surface area contributed by atoms with Crippen LogP contribution >= 0.6 is 0 Å². The maximum Gasteiger partial charge on any atom is 0.0110 e. The summed E-state index contributed by atoms with van der Waals surface area (Å²) < 4.78 is 0. The Bertz CT molecular complexity index is 190. The molecular formula is C13H29N3. The van der Waals surface area contributed by atoms with E-state index in [-0.39, 0.29) is 5.41 Å². The molecule has 96 valence electrons. The molecule has 1 heterocycles. The highest BCUT2D eigenvalue weighted by molar-refractivity contribution is 4.79. The zero-order valence-electron chi connectivity index (χ0n) is 11.5. The summed E-state index contributed by atoms with van der Waals surface area (Å²) >= 11 is 0. The normalized spacial score (nSPS) is 22.3. The first kappa shape index (κ1) is 13.9. The van der Waals surface area contributed by atoms with Gasteiger partial charge in [0.05, 0.1) is 0 Å². The third kappa shape index (κ3) is 4.40.